The second-order valence-corrected chi connectivity index (χ2v) is 5.98. The average Bonchev–Trinajstić information content (AvgIpc) is 2.32. The lowest BCUT2D eigenvalue weighted by molar-refractivity contribution is -0.253. The Kier molecular flexibility index (Phi) is 4.43. The van der Waals surface area contributed by atoms with Gasteiger partial charge in [-0.05, 0) is 32.4 Å². The van der Waals surface area contributed by atoms with Crippen molar-refractivity contribution in [3.8, 4) is 0 Å². The van der Waals surface area contributed by atoms with Crippen LogP contribution in [0, 0.1) is 0 Å². The summed E-state index contributed by atoms with van der Waals surface area (Å²) in [4.78, 5) is 0. The van der Waals surface area contributed by atoms with Crippen molar-refractivity contribution in [1.82, 2.24) is 5.32 Å². The minimum Gasteiger partial charge on any atom is -0.349 e. The van der Waals surface area contributed by atoms with Gasteiger partial charge in [0.1, 0.15) is 0 Å². The van der Waals surface area contributed by atoms with Crippen LogP contribution in [0.3, 0.4) is 0 Å². The molecule has 100 valence electrons. The predicted octanol–water partition coefficient (Wildman–Crippen LogP) is 3.25. The normalized spacial score (nSPS) is 21.8. The van der Waals surface area contributed by atoms with E-state index in [0.29, 0.717) is 13.2 Å². The average molecular weight is 314 g/mol. The zero-order chi connectivity index (χ0) is 13.2. The maximum absolute atomic E-state index is 5.65. The molecule has 1 heterocycles. The minimum absolute atomic E-state index is 0.236. The molecular weight excluding hydrogens is 294 g/mol. The van der Waals surface area contributed by atoms with E-state index in [1.165, 1.54) is 5.56 Å². The van der Waals surface area contributed by atoms with E-state index in [1.54, 1.807) is 0 Å². The first-order chi connectivity index (χ1) is 8.48. The highest BCUT2D eigenvalue weighted by Gasteiger charge is 2.29. The first-order valence-corrected chi connectivity index (χ1v) is 7.05. The van der Waals surface area contributed by atoms with E-state index in [0.717, 1.165) is 4.47 Å². The summed E-state index contributed by atoms with van der Waals surface area (Å²) in [5.41, 5.74) is 1.25. The van der Waals surface area contributed by atoms with Crippen LogP contribution in [0.1, 0.15) is 32.4 Å². The molecule has 0 unspecified atom stereocenters. The van der Waals surface area contributed by atoms with Gasteiger partial charge in [-0.25, -0.2) is 0 Å². The van der Waals surface area contributed by atoms with Crippen LogP contribution in [0.2, 0.25) is 0 Å². The van der Waals surface area contributed by atoms with Crippen LogP contribution in [0.5, 0.6) is 0 Å². The summed E-state index contributed by atoms with van der Waals surface area (Å²) in [6.07, 6.45) is 0. The van der Waals surface area contributed by atoms with E-state index in [-0.39, 0.29) is 12.1 Å². The number of ether oxygens (including phenoxy) is 2. The Bertz CT molecular complexity index is 399. The smallest absolute Gasteiger partial charge is 0.162 e. The van der Waals surface area contributed by atoms with Crippen molar-refractivity contribution in [3.63, 3.8) is 0 Å². The summed E-state index contributed by atoms with van der Waals surface area (Å²) in [6.45, 7) is 7.41. The Morgan fingerprint density at radius 2 is 1.89 bits per heavy atom. The number of benzene rings is 1. The van der Waals surface area contributed by atoms with Crippen LogP contribution in [0.15, 0.2) is 28.7 Å². The molecule has 2 rings (SSSR count). The highest BCUT2D eigenvalue weighted by molar-refractivity contribution is 9.10. The van der Waals surface area contributed by atoms with Gasteiger partial charge in [-0.1, -0.05) is 34.1 Å². The van der Waals surface area contributed by atoms with Gasteiger partial charge in [-0.3, -0.25) is 0 Å². The summed E-state index contributed by atoms with van der Waals surface area (Å²) in [5.74, 6) is -0.450. The standard InChI is InChI=1S/C14H20BrNO2/c1-10(12-6-4-5-7-13(12)15)16-11-8-17-14(2,3)18-9-11/h4-7,10-11,16H,8-9H2,1-3H3/t10-/m0/s1. The van der Waals surface area contributed by atoms with Crippen molar-refractivity contribution in [3.05, 3.63) is 34.3 Å². The van der Waals surface area contributed by atoms with Gasteiger partial charge in [-0.15, -0.1) is 0 Å². The van der Waals surface area contributed by atoms with Gasteiger partial charge in [0.05, 0.1) is 19.3 Å². The van der Waals surface area contributed by atoms with Crippen LogP contribution >= 0.6 is 15.9 Å². The second kappa shape index (κ2) is 5.70. The maximum atomic E-state index is 5.65. The molecule has 1 saturated heterocycles. The Morgan fingerprint density at radius 3 is 2.50 bits per heavy atom. The fourth-order valence-electron chi connectivity index (χ4n) is 2.06. The number of hydrogen-bond donors (Lipinski definition) is 1. The van der Waals surface area contributed by atoms with Crippen molar-refractivity contribution < 1.29 is 9.47 Å². The number of rotatable bonds is 3. The molecule has 0 amide bonds. The lowest BCUT2D eigenvalue weighted by Crippen LogP contribution is -2.49. The molecule has 1 atom stereocenters. The lowest BCUT2D eigenvalue weighted by Gasteiger charge is -2.36. The molecule has 0 spiro atoms. The Labute approximate surface area is 117 Å². The molecule has 1 aliphatic heterocycles. The van der Waals surface area contributed by atoms with Gasteiger partial charge in [-0.2, -0.15) is 0 Å². The van der Waals surface area contributed by atoms with Crippen molar-refractivity contribution in [2.45, 2.75) is 38.6 Å². The predicted molar refractivity (Wildman–Crippen MR) is 75.5 cm³/mol. The van der Waals surface area contributed by atoms with Crippen molar-refractivity contribution >= 4 is 15.9 Å². The first kappa shape index (κ1) is 14.0. The van der Waals surface area contributed by atoms with Gasteiger partial charge >= 0.3 is 0 Å². The van der Waals surface area contributed by atoms with Gasteiger partial charge in [0.2, 0.25) is 0 Å². The molecular formula is C14H20BrNO2. The Hall–Kier alpha value is -0.420. The summed E-state index contributed by atoms with van der Waals surface area (Å²) in [6, 6.07) is 8.75. The monoisotopic (exact) mass is 313 g/mol. The molecule has 1 aromatic rings. The third-order valence-electron chi connectivity index (χ3n) is 3.12. The first-order valence-electron chi connectivity index (χ1n) is 6.26. The summed E-state index contributed by atoms with van der Waals surface area (Å²) in [7, 11) is 0. The highest BCUT2D eigenvalue weighted by Crippen LogP contribution is 2.24. The zero-order valence-electron chi connectivity index (χ0n) is 11.1. The van der Waals surface area contributed by atoms with Crippen LogP contribution in [0.4, 0.5) is 0 Å². The summed E-state index contributed by atoms with van der Waals surface area (Å²) < 4.78 is 12.4. The fourth-order valence-corrected chi connectivity index (χ4v) is 2.69. The van der Waals surface area contributed by atoms with E-state index in [2.05, 4.69) is 46.4 Å². The molecule has 3 nitrogen and oxygen atoms in total. The molecule has 18 heavy (non-hydrogen) atoms. The minimum atomic E-state index is -0.450. The van der Waals surface area contributed by atoms with Gasteiger partial charge < -0.3 is 14.8 Å². The van der Waals surface area contributed by atoms with E-state index in [4.69, 9.17) is 9.47 Å². The molecule has 1 fully saturated rings. The van der Waals surface area contributed by atoms with Crippen LogP contribution in [0.25, 0.3) is 0 Å². The van der Waals surface area contributed by atoms with E-state index in [9.17, 15) is 0 Å². The molecule has 1 aliphatic rings. The zero-order valence-corrected chi connectivity index (χ0v) is 12.7. The van der Waals surface area contributed by atoms with E-state index < -0.39 is 5.79 Å². The largest absolute Gasteiger partial charge is 0.349 e. The quantitative estimate of drug-likeness (QED) is 0.929. The Balaban J connectivity index is 1.93. The van der Waals surface area contributed by atoms with Gasteiger partial charge in [0.15, 0.2) is 5.79 Å². The SMILES string of the molecule is C[C@H](NC1COC(C)(C)OC1)c1ccccc1Br. The van der Waals surface area contributed by atoms with Crippen molar-refractivity contribution in [2.24, 2.45) is 0 Å². The molecule has 4 heteroatoms. The molecule has 1 aromatic carbocycles. The number of hydrogen-bond acceptors (Lipinski definition) is 3. The molecule has 0 saturated carbocycles. The molecule has 0 aliphatic carbocycles. The van der Waals surface area contributed by atoms with Crippen molar-refractivity contribution in [1.29, 1.82) is 0 Å². The second-order valence-electron chi connectivity index (χ2n) is 5.13. The molecule has 0 radical (unpaired) electrons. The van der Waals surface area contributed by atoms with E-state index in [1.807, 2.05) is 19.9 Å². The highest BCUT2D eigenvalue weighted by atomic mass is 79.9. The third kappa shape index (κ3) is 3.54. The van der Waals surface area contributed by atoms with Gasteiger partial charge in [0, 0.05) is 10.5 Å². The summed E-state index contributed by atoms with van der Waals surface area (Å²) >= 11 is 3.58. The van der Waals surface area contributed by atoms with E-state index >= 15 is 0 Å². The fraction of sp³-hybridized carbons (Fsp3) is 0.571. The number of halogens is 1. The lowest BCUT2D eigenvalue weighted by atomic mass is 10.1. The van der Waals surface area contributed by atoms with Crippen molar-refractivity contribution in [2.75, 3.05) is 13.2 Å². The van der Waals surface area contributed by atoms with Gasteiger partial charge in [0.25, 0.3) is 0 Å². The van der Waals surface area contributed by atoms with Crippen LogP contribution in [-0.4, -0.2) is 25.0 Å². The van der Waals surface area contributed by atoms with Crippen LogP contribution in [-0.2, 0) is 9.47 Å². The topological polar surface area (TPSA) is 30.5 Å². The summed E-state index contributed by atoms with van der Waals surface area (Å²) in [5, 5.41) is 3.53. The molecule has 0 bridgehead atoms. The van der Waals surface area contributed by atoms with Crippen LogP contribution < -0.4 is 5.32 Å². The number of nitrogens with one attached hydrogen (secondary N) is 1. The molecule has 0 aromatic heterocycles. The maximum Gasteiger partial charge on any atom is 0.162 e. The molecule has 1 N–H and O–H groups in total. The third-order valence-corrected chi connectivity index (χ3v) is 3.84. The Morgan fingerprint density at radius 1 is 1.28 bits per heavy atom.